The maximum Gasteiger partial charge on any atom is 0.363 e. The number of aromatic nitrogens is 1. The zero-order chi connectivity index (χ0) is 14.5. The second-order valence-corrected chi connectivity index (χ2v) is 3.98. The first-order chi connectivity index (χ1) is 9.56. The van der Waals surface area contributed by atoms with Gasteiger partial charge in [-0.05, 0) is 22.0 Å². The van der Waals surface area contributed by atoms with Crippen LogP contribution in [0.2, 0.25) is 0 Å². The summed E-state index contributed by atoms with van der Waals surface area (Å²) >= 11 is 0. The van der Waals surface area contributed by atoms with Gasteiger partial charge in [0.05, 0.1) is 11.5 Å². The highest BCUT2D eigenvalue weighted by atomic mass is 16.6. The van der Waals surface area contributed by atoms with Gasteiger partial charge in [-0.3, -0.25) is 10.1 Å². The zero-order valence-corrected chi connectivity index (χ0v) is 10.3. The van der Waals surface area contributed by atoms with Gasteiger partial charge in [-0.25, -0.2) is 0 Å². The van der Waals surface area contributed by atoms with Gasteiger partial charge >= 0.3 is 5.82 Å². The molecule has 0 fully saturated rings. The lowest BCUT2D eigenvalue weighted by Gasteiger charge is -2.25. The van der Waals surface area contributed by atoms with Crippen molar-refractivity contribution in [3.63, 3.8) is 0 Å². The Labute approximate surface area is 113 Å². The van der Waals surface area contributed by atoms with Crippen LogP contribution in [0.25, 0.3) is 0 Å². The minimum absolute atomic E-state index is 0.234. The predicted octanol–water partition coefficient (Wildman–Crippen LogP) is 0.984. The van der Waals surface area contributed by atoms with Gasteiger partial charge in [0, 0.05) is 24.4 Å². The summed E-state index contributed by atoms with van der Waals surface area (Å²) in [5.41, 5.74) is 0.707. The lowest BCUT2D eigenvalue weighted by atomic mass is 10.2. The molecule has 9 nitrogen and oxygen atoms in total. The number of hydrogen-bond acceptors (Lipinski definition) is 7. The fraction of sp³-hybridized carbons (Fsp3) is 0.182. The van der Waals surface area contributed by atoms with Crippen LogP contribution in [0.1, 0.15) is 5.56 Å². The predicted molar refractivity (Wildman–Crippen MR) is 68.7 cm³/mol. The standard InChI is InChI=1S/C11H11N5O4/c17-15(18)8-11-12-4-1-5-14(11)7-9-2-3-10(13-6-9)16(19)20/h1-3,5-6,8,12H,4,7H2. The summed E-state index contributed by atoms with van der Waals surface area (Å²) in [6.07, 6.45) is 5.79. The molecule has 0 atom stereocenters. The summed E-state index contributed by atoms with van der Waals surface area (Å²) in [5, 5.41) is 23.9. The number of pyridine rings is 1. The van der Waals surface area contributed by atoms with E-state index in [0.717, 1.165) is 6.20 Å². The van der Waals surface area contributed by atoms with Crippen molar-refractivity contribution in [1.29, 1.82) is 0 Å². The number of nitrogens with zero attached hydrogens (tertiary/aromatic N) is 4. The molecule has 0 amide bonds. The fourth-order valence-electron chi connectivity index (χ4n) is 1.70. The molecule has 0 spiro atoms. The molecular weight excluding hydrogens is 266 g/mol. The highest BCUT2D eigenvalue weighted by Gasteiger charge is 2.15. The fourth-order valence-corrected chi connectivity index (χ4v) is 1.70. The molecule has 0 aromatic carbocycles. The second-order valence-electron chi connectivity index (χ2n) is 3.98. The molecule has 1 aliphatic heterocycles. The van der Waals surface area contributed by atoms with Gasteiger partial charge in [-0.1, -0.05) is 0 Å². The van der Waals surface area contributed by atoms with Crippen LogP contribution in [0, 0.1) is 20.2 Å². The monoisotopic (exact) mass is 277 g/mol. The van der Waals surface area contributed by atoms with E-state index in [1.165, 1.54) is 12.3 Å². The first-order valence-electron chi connectivity index (χ1n) is 5.68. The van der Waals surface area contributed by atoms with Crippen LogP contribution >= 0.6 is 0 Å². The minimum Gasteiger partial charge on any atom is -0.363 e. The van der Waals surface area contributed by atoms with E-state index in [4.69, 9.17) is 0 Å². The first-order valence-corrected chi connectivity index (χ1v) is 5.68. The lowest BCUT2D eigenvalue weighted by molar-refractivity contribution is -0.404. The Balaban J connectivity index is 2.14. The highest BCUT2D eigenvalue weighted by molar-refractivity contribution is 5.23. The van der Waals surface area contributed by atoms with Crippen molar-refractivity contribution in [2.45, 2.75) is 6.54 Å². The maximum absolute atomic E-state index is 10.5. The van der Waals surface area contributed by atoms with Crippen molar-refractivity contribution in [2.24, 2.45) is 0 Å². The topological polar surface area (TPSA) is 114 Å². The van der Waals surface area contributed by atoms with Crippen LogP contribution in [0.15, 0.2) is 42.6 Å². The van der Waals surface area contributed by atoms with E-state index >= 15 is 0 Å². The van der Waals surface area contributed by atoms with Crippen LogP contribution in [0.4, 0.5) is 5.82 Å². The van der Waals surface area contributed by atoms with Crippen LogP contribution < -0.4 is 5.32 Å². The molecule has 0 aliphatic carbocycles. The maximum atomic E-state index is 10.5. The third kappa shape index (κ3) is 3.28. The van der Waals surface area contributed by atoms with Gasteiger partial charge in [0.25, 0.3) is 6.20 Å². The molecule has 9 heteroatoms. The van der Waals surface area contributed by atoms with Crippen molar-refractivity contribution in [3.8, 4) is 0 Å². The summed E-state index contributed by atoms with van der Waals surface area (Å²) in [6.45, 7) is 0.836. The average molecular weight is 277 g/mol. The van der Waals surface area contributed by atoms with Gasteiger partial charge in [0.1, 0.15) is 6.20 Å². The molecule has 1 aromatic heterocycles. The van der Waals surface area contributed by atoms with Crippen molar-refractivity contribution in [1.82, 2.24) is 15.2 Å². The molecule has 1 aliphatic rings. The second kappa shape index (κ2) is 5.78. The Hall–Kier alpha value is -2.97. The zero-order valence-electron chi connectivity index (χ0n) is 10.3. The summed E-state index contributed by atoms with van der Waals surface area (Å²) in [4.78, 5) is 25.3. The Morgan fingerprint density at radius 2 is 2.20 bits per heavy atom. The van der Waals surface area contributed by atoms with E-state index in [-0.39, 0.29) is 5.82 Å². The molecule has 0 unspecified atom stereocenters. The molecule has 1 N–H and O–H groups in total. The number of hydrogen-bond donors (Lipinski definition) is 1. The van der Waals surface area contributed by atoms with Gasteiger partial charge in [-0.2, -0.15) is 0 Å². The van der Waals surface area contributed by atoms with E-state index in [1.54, 1.807) is 17.2 Å². The molecule has 2 heterocycles. The average Bonchev–Trinajstić information content (AvgIpc) is 2.41. The van der Waals surface area contributed by atoms with Gasteiger partial charge in [0.2, 0.25) is 0 Å². The Bertz CT molecular complexity index is 581. The lowest BCUT2D eigenvalue weighted by Crippen LogP contribution is -2.32. The van der Waals surface area contributed by atoms with Crippen LogP contribution in [-0.2, 0) is 6.54 Å². The van der Waals surface area contributed by atoms with Crippen LogP contribution in [-0.4, -0.2) is 26.3 Å². The van der Waals surface area contributed by atoms with Crippen molar-refractivity contribution in [3.05, 3.63) is 68.4 Å². The number of rotatable bonds is 4. The van der Waals surface area contributed by atoms with Gasteiger partial charge in [0.15, 0.2) is 5.82 Å². The molecule has 0 radical (unpaired) electrons. The number of nitrogens with one attached hydrogen (secondary N) is 1. The Kier molecular flexibility index (Phi) is 3.89. The molecule has 1 aromatic rings. The first kappa shape index (κ1) is 13.5. The quantitative estimate of drug-likeness (QED) is 0.644. The van der Waals surface area contributed by atoms with Crippen LogP contribution in [0.5, 0.6) is 0 Å². The molecule has 2 rings (SSSR count). The van der Waals surface area contributed by atoms with E-state index in [2.05, 4.69) is 10.3 Å². The molecule has 104 valence electrons. The molecule has 0 bridgehead atoms. The summed E-state index contributed by atoms with van der Waals surface area (Å²) < 4.78 is 0. The van der Waals surface area contributed by atoms with Gasteiger partial charge in [-0.15, -0.1) is 0 Å². The van der Waals surface area contributed by atoms with E-state index in [0.29, 0.717) is 24.5 Å². The molecule has 0 saturated heterocycles. The summed E-state index contributed by atoms with van der Waals surface area (Å²) in [6, 6.07) is 2.87. The highest BCUT2D eigenvalue weighted by Crippen LogP contribution is 2.14. The Morgan fingerprint density at radius 1 is 1.40 bits per heavy atom. The van der Waals surface area contributed by atoms with E-state index in [1.807, 2.05) is 6.08 Å². The van der Waals surface area contributed by atoms with Crippen LogP contribution in [0.3, 0.4) is 0 Å². The molecular formula is C11H11N5O4. The summed E-state index contributed by atoms with van der Waals surface area (Å²) in [7, 11) is 0. The van der Waals surface area contributed by atoms with Crippen molar-refractivity contribution in [2.75, 3.05) is 6.54 Å². The smallest absolute Gasteiger partial charge is 0.363 e. The van der Waals surface area contributed by atoms with E-state index in [9.17, 15) is 20.2 Å². The normalized spacial score (nSPS) is 16.0. The third-order valence-corrected chi connectivity index (χ3v) is 2.57. The summed E-state index contributed by atoms with van der Waals surface area (Å²) in [5.74, 6) is 0.123. The SMILES string of the molecule is O=[N+]([O-])C=C1NCC=CN1Cc1ccc([N+](=O)[O-])nc1. The largest absolute Gasteiger partial charge is 0.363 e. The Morgan fingerprint density at radius 3 is 2.80 bits per heavy atom. The minimum atomic E-state index is -0.579. The van der Waals surface area contributed by atoms with Crippen molar-refractivity contribution >= 4 is 5.82 Å². The van der Waals surface area contributed by atoms with Gasteiger partial charge < -0.3 is 20.3 Å². The number of nitro groups is 2. The molecule has 0 saturated carbocycles. The molecule has 20 heavy (non-hydrogen) atoms. The van der Waals surface area contributed by atoms with Crippen molar-refractivity contribution < 1.29 is 9.85 Å². The van der Waals surface area contributed by atoms with E-state index < -0.39 is 9.85 Å². The third-order valence-electron chi connectivity index (χ3n) is 2.57.